The maximum absolute atomic E-state index is 12.5. The summed E-state index contributed by atoms with van der Waals surface area (Å²) in [6.07, 6.45) is 3.42. The van der Waals surface area contributed by atoms with Crippen molar-refractivity contribution in [2.45, 2.75) is 38.7 Å². The molecule has 0 saturated heterocycles. The van der Waals surface area contributed by atoms with Crippen molar-refractivity contribution in [1.29, 1.82) is 0 Å². The highest BCUT2D eigenvalue weighted by atomic mass is 16.6. The summed E-state index contributed by atoms with van der Waals surface area (Å²) in [7, 11) is 1.68. The number of nitro benzene ring substituents is 1. The molecule has 120 valence electrons. The smallest absolute Gasteiger partial charge is 0.273 e. The summed E-state index contributed by atoms with van der Waals surface area (Å²) in [5.41, 5.74) is 0.687. The first-order valence-electron chi connectivity index (χ1n) is 7.59. The van der Waals surface area contributed by atoms with Gasteiger partial charge in [-0.25, -0.2) is 0 Å². The molecule has 1 aliphatic rings. The summed E-state index contributed by atoms with van der Waals surface area (Å²) in [5.74, 6) is -0.152. The van der Waals surface area contributed by atoms with E-state index in [1.165, 1.54) is 12.1 Å². The Morgan fingerprint density at radius 3 is 2.73 bits per heavy atom. The Morgan fingerprint density at radius 1 is 1.41 bits per heavy atom. The van der Waals surface area contributed by atoms with E-state index in [4.69, 9.17) is 0 Å². The molecule has 1 amide bonds. The molecule has 6 nitrogen and oxygen atoms in total. The van der Waals surface area contributed by atoms with E-state index >= 15 is 0 Å². The minimum Gasteiger partial charge on any atom is -0.393 e. The first kappa shape index (κ1) is 16.4. The van der Waals surface area contributed by atoms with Gasteiger partial charge in [0, 0.05) is 36.7 Å². The third kappa shape index (κ3) is 3.44. The van der Waals surface area contributed by atoms with E-state index in [2.05, 4.69) is 0 Å². The molecule has 0 aliphatic heterocycles. The van der Waals surface area contributed by atoms with Crippen LogP contribution in [0.3, 0.4) is 0 Å². The Labute approximate surface area is 129 Å². The van der Waals surface area contributed by atoms with Crippen molar-refractivity contribution in [3.05, 3.63) is 39.4 Å². The van der Waals surface area contributed by atoms with Crippen molar-refractivity contribution in [2.75, 3.05) is 13.6 Å². The van der Waals surface area contributed by atoms with Gasteiger partial charge in [0.05, 0.1) is 11.0 Å². The van der Waals surface area contributed by atoms with Crippen LogP contribution in [0.4, 0.5) is 5.69 Å². The number of carbonyl (C=O) groups is 1. The number of carbonyl (C=O) groups excluding carboxylic acids is 1. The molecule has 1 fully saturated rings. The van der Waals surface area contributed by atoms with Gasteiger partial charge in [-0.15, -0.1) is 0 Å². The van der Waals surface area contributed by atoms with Crippen LogP contribution < -0.4 is 0 Å². The molecule has 2 unspecified atom stereocenters. The van der Waals surface area contributed by atoms with Crippen LogP contribution in [0.15, 0.2) is 18.2 Å². The predicted octanol–water partition coefficient (Wildman–Crippen LogP) is 2.53. The Kier molecular flexibility index (Phi) is 5.13. The molecule has 6 heteroatoms. The Bertz CT molecular complexity index is 573. The molecule has 1 aromatic carbocycles. The van der Waals surface area contributed by atoms with Crippen molar-refractivity contribution >= 4 is 11.6 Å². The van der Waals surface area contributed by atoms with Gasteiger partial charge in [0.1, 0.15) is 0 Å². The fourth-order valence-electron chi connectivity index (χ4n) is 3.09. The average molecular weight is 306 g/mol. The maximum Gasteiger partial charge on any atom is 0.273 e. The van der Waals surface area contributed by atoms with Gasteiger partial charge >= 0.3 is 0 Å². The van der Waals surface area contributed by atoms with Crippen LogP contribution in [0.25, 0.3) is 0 Å². The summed E-state index contributed by atoms with van der Waals surface area (Å²) < 4.78 is 0. The molecule has 2 atom stereocenters. The second-order valence-electron chi connectivity index (χ2n) is 6.00. The highest BCUT2D eigenvalue weighted by molar-refractivity contribution is 5.96. The van der Waals surface area contributed by atoms with Gasteiger partial charge in [0.15, 0.2) is 0 Å². The van der Waals surface area contributed by atoms with Gasteiger partial charge in [-0.05, 0) is 25.8 Å². The summed E-state index contributed by atoms with van der Waals surface area (Å²) in [6, 6.07) is 4.54. The van der Waals surface area contributed by atoms with Gasteiger partial charge in [-0.2, -0.15) is 0 Å². The van der Waals surface area contributed by atoms with E-state index in [-0.39, 0.29) is 23.6 Å². The minimum absolute atomic E-state index is 0.0445. The molecular formula is C16H22N2O4. The number of aliphatic hydroxyl groups excluding tert-OH is 1. The van der Waals surface area contributed by atoms with Crippen molar-refractivity contribution < 1.29 is 14.8 Å². The lowest BCUT2D eigenvalue weighted by Crippen LogP contribution is -2.38. The highest BCUT2D eigenvalue weighted by Crippen LogP contribution is 2.26. The van der Waals surface area contributed by atoms with Crippen LogP contribution in [0, 0.1) is 23.0 Å². The van der Waals surface area contributed by atoms with Crippen molar-refractivity contribution in [3.8, 4) is 0 Å². The quantitative estimate of drug-likeness (QED) is 0.684. The van der Waals surface area contributed by atoms with Crippen molar-refractivity contribution in [2.24, 2.45) is 5.92 Å². The minimum atomic E-state index is -0.475. The molecule has 0 aromatic heterocycles. The Hall–Kier alpha value is -1.95. The predicted molar refractivity (Wildman–Crippen MR) is 82.8 cm³/mol. The standard InChI is InChI=1S/C16H22N2O4/c1-11-13(7-5-8-14(11)18(21)22)16(20)17(2)10-12-6-3-4-9-15(12)19/h5,7-8,12,15,19H,3-4,6,9-10H2,1-2H3. The first-order valence-corrected chi connectivity index (χ1v) is 7.59. The van der Waals surface area contributed by atoms with Crippen molar-refractivity contribution in [1.82, 2.24) is 4.90 Å². The molecule has 22 heavy (non-hydrogen) atoms. The number of hydrogen-bond donors (Lipinski definition) is 1. The second-order valence-corrected chi connectivity index (χ2v) is 6.00. The lowest BCUT2D eigenvalue weighted by Gasteiger charge is -2.31. The van der Waals surface area contributed by atoms with Crippen LogP contribution in [0.2, 0.25) is 0 Å². The van der Waals surface area contributed by atoms with Crippen molar-refractivity contribution in [3.63, 3.8) is 0 Å². The van der Waals surface area contributed by atoms with Gasteiger partial charge in [-0.3, -0.25) is 14.9 Å². The number of aliphatic hydroxyl groups is 1. The maximum atomic E-state index is 12.5. The lowest BCUT2D eigenvalue weighted by molar-refractivity contribution is -0.385. The SMILES string of the molecule is Cc1c(C(=O)N(C)CC2CCCCC2O)cccc1[N+](=O)[O-]. The topological polar surface area (TPSA) is 83.7 Å². The fraction of sp³-hybridized carbons (Fsp3) is 0.562. The fourth-order valence-corrected chi connectivity index (χ4v) is 3.09. The normalized spacial score (nSPS) is 21.4. The zero-order valence-electron chi connectivity index (χ0n) is 13.0. The van der Waals surface area contributed by atoms with E-state index in [0.717, 1.165) is 25.7 Å². The monoisotopic (exact) mass is 306 g/mol. The summed E-state index contributed by atoms with van der Waals surface area (Å²) in [4.78, 5) is 24.6. The molecular weight excluding hydrogens is 284 g/mol. The van der Waals surface area contributed by atoms with Gasteiger partial charge in [0.2, 0.25) is 0 Å². The first-order chi connectivity index (χ1) is 10.4. The molecule has 2 rings (SSSR count). The van der Waals surface area contributed by atoms with E-state index in [1.807, 2.05) is 0 Å². The zero-order valence-corrected chi connectivity index (χ0v) is 13.0. The average Bonchev–Trinajstić information content (AvgIpc) is 2.48. The van der Waals surface area contributed by atoms with Gasteiger partial charge in [-0.1, -0.05) is 18.9 Å². The van der Waals surface area contributed by atoms with E-state index < -0.39 is 4.92 Å². The van der Waals surface area contributed by atoms with E-state index in [9.17, 15) is 20.0 Å². The number of hydrogen-bond acceptors (Lipinski definition) is 4. The van der Waals surface area contributed by atoms with Crippen LogP contribution in [0.1, 0.15) is 41.6 Å². The number of amides is 1. The molecule has 0 radical (unpaired) electrons. The third-order valence-corrected chi connectivity index (χ3v) is 4.46. The van der Waals surface area contributed by atoms with Crippen LogP contribution in [0.5, 0.6) is 0 Å². The van der Waals surface area contributed by atoms with Crippen LogP contribution in [-0.4, -0.2) is 40.5 Å². The molecule has 0 bridgehead atoms. The molecule has 0 heterocycles. The number of nitrogens with zero attached hydrogens (tertiary/aromatic N) is 2. The Balaban J connectivity index is 2.13. The Morgan fingerprint density at radius 2 is 2.09 bits per heavy atom. The molecule has 1 aromatic rings. The summed E-state index contributed by atoms with van der Waals surface area (Å²) >= 11 is 0. The molecule has 1 saturated carbocycles. The van der Waals surface area contributed by atoms with Gasteiger partial charge < -0.3 is 10.0 Å². The number of nitro groups is 1. The third-order valence-electron chi connectivity index (χ3n) is 4.46. The number of rotatable bonds is 4. The van der Waals surface area contributed by atoms with Gasteiger partial charge in [0.25, 0.3) is 11.6 Å². The van der Waals surface area contributed by atoms with Crippen LogP contribution >= 0.6 is 0 Å². The lowest BCUT2D eigenvalue weighted by atomic mass is 9.86. The highest BCUT2D eigenvalue weighted by Gasteiger charge is 2.27. The molecule has 0 spiro atoms. The summed E-state index contributed by atoms with van der Waals surface area (Å²) in [6.45, 7) is 2.07. The number of benzene rings is 1. The van der Waals surface area contributed by atoms with E-state index in [0.29, 0.717) is 17.7 Å². The second kappa shape index (κ2) is 6.87. The largest absolute Gasteiger partial charge is 0.393 e. The molecule has 1 N–H and O–H groups in total. The van der Waals surface area contributed by atoms with E-state index in [1.54, 1.807) is 24.9 Å². The van der Waals surface area contributed by atoms with Crippen LogP contribution in [-0.2, 0) is 0 Å². The zero-order chi connectivity index (χ0) is 16.3. The summed E-state index contributed by atoms with van der Waals surface area (Å²) in [5, 5.41) is 21.0. The molecule has 1 aliphatic carbocycles.